The smallest absolute Gasteiger partial charge is 0.169 e. The van der Waals surface area contributed by atoms with Crippen LogP contribution in [0.2, 0.25) is 0 Å². The standard InChI is InChI=1S/C14H12BrNO2S/c1-17-12-4-2-3-5-13(12)18-11-7-6-9(15)8-10(11)14(16)19/h2-8H,1H3,(H2,16,19). The van der Waals surface area contributed by atoms with Crippen LogP contribution in [0.3, 0.4) is 0 Å². The minimum absolute atomic E-state index is 0.284. The molecular weight excluding hydrogens is 326 g/mol. The molecule has 2 aromatic rings. The van der Waals surface area contributed by atoms with Gasteiger partial charge in [0, 0.05) is 4.47 Å². The van der Waals surface area contributed by atoms with Crippen LogP contribution in [-0.4, -0.2) is 12.1 Å². The lowest BCUT2D eigenvalue weighted by atomic mass is 10.2. The first-order chi connectivity index (χ1) is 9.11. The Kier molecular flexibility index (Phi) is 4.39. The zero-order valence-electron chi connectivity index (χ0n) is 10.2. The van der Waals surface area contributed by atoms with Crippen LogP contribution in [0, 0.1) is 0 Å². The van der Waals surface area contributed by atoms with Crippen molar-refractivity contribution in [3.63, 3.8) is 0 Å². The van der Waals surface area contributed by atoms with E-state index >= 15 is 0 Å². The molecule has 0 aliphatic carbocycles. The van der Waals surface area contributed by atoms with Gasteiger partial charge < -0.3 is 15.2 Å². The third-order valence-electron chi connectivity index (χ3n) is 2.50. The fourth-order valence-corrected chi connectivity index (χ4v) is 2.13. The van der Waals surface area contributed by atoms with Crippen LogP contribution in [0.1, 0.15) is 5.56 Å². The minimum atomic E-state index is 0.284. The summed E-state index contributed by atoms with van der Waals surface area (Å²) < 4.78 is 12.0. The Bertz CT molecular complexity index is 616. The highest BCUT2D eigenvalue weighted by molar-refractivity contribution is 9.10. The van der Waals surface area contributed by atoms with Gasteiger partial charge in [-0.05, 0) is 30.3 Å². The Labute approximate surface area is 125 Å². The van der Waals surface area contributed by atoms with Crippen molar-refractivity contribution in [2.75, 3.05) is 7.11 Å². The van der Waals surface area contributed by atoms with Gasteiger partial charge in [0.25, 0.3) is 0 Å². The van der Waals surface area contributed by atoms with Crippen LogP contribution in [-0.2, 0) is 0 Å². The highest BCUT2D eigenvalue weighted by Crippen LogP contribution is 2.33. The summed E-state index contributed by atoms with van der Waals surface area (Å²) in [5, 5.41) is 0. The first-order valence-electron chi connectivity index (χ1n) is 5.52. The molecule has 0 bridgehead atoms. The number of rotatable bonds is 4. The van der Waals surface area contributed by atoms with Crippen molar-refractivity contribution < 1.29 is 9.47 Å². The molecule has 0 saturated heterocycles. The average Bonchev–Trinajstić information content (AvgIpc) is 2.41. The molecule has 0 heterocycles. The topological polar surface area (TPSA) is 44.5 Å². The van der Waals surface area contributed by atoms with Gasteiger partial charge >= 0.3 is 0 Å². The number of hydrogen-bond donors (Lipinski definition) is 1. The first kappa shape index (κ1) is 13.8. The number of ether oxygens (including phenoxy) is 2. The summed E-state index contributed by atoms with van der Waals surface area (Å²) in [4.78, 5) is 0.284. The summed E-state index contributed by atoms with van der Waals surface area (Å²) in [7, 11) is 1.60. The lowest BCUT2D eigenvalue weighted by Crippen LogP contribution is -2.10. The molecule has 2 aromatic carbocycles. The maximum atomic E-state index is 5.83. The van der Waals surface area contributed by atoms with Crippen LogP contribution < -0.4 is 15.2 Å². The van der Waals surface area contributed by atoms with E-state index in [1.807, 2.05) is 42.5 Å². The van der Waals surface area contributed by atoms with Crippen molar-refractivity contribution in [2.45, 2.75) is 0 Å². The monoisotopic (exact) mass is 337 g/mol. The van der Waals surface area contributed by atoms with E-state index < -0.39 is 0 Å². The second-order valence-electron chi connectivity index (χ2n) is 3.76. The molecule has 3 nitrogen and oxygen atoms in total. The van der Waals surface area contributed by atoms with Gasteiger partial charge in [-0.15, -0.1) is 0 Å². The zero-order chi connectivity index (χ0) is 13.8. The number of halogens is 1. The maximum absolute atomic E-state index is 5.83. The van der Waals surface area contributed by atoms with E-state index in [-0.39, 0.29) is 4.99 Å². The average molecular weight is 338 g/mol. The second-order valence-corrected chi connectivity index (χ2v) is 5.11. The van der Waals surface area contributed by atoms with E-state index in [1.54, 1.807) is 7.11 Å². The number of benzene rings is 2. The predicted molar refractivity (Wildman–Crippen MR) is 83.1 cm³/mol. The summed E-state index contributed by atoms with van der Waals surface area (Å²) in [6, 6.07) is 12.9. The van der Waals surface area contributed by atoms with E-state index in [9.17, 15) is 0 Å². The molecule has 0 spiro atoms. The minimum Gasteiger partial charge on any atom is -0.493 e. The van der Waals surface area contributed by atoms with Crippen LogP contribution >= 0.6 is 28.1 Å². The Balaban J connectivity index is 2.41. The van der Waals surface area contributed by atoms with Crippen molar-refractivity contribution in [1.82, 2.24) is 0 Å². The highest BCUT2D eigenvalue weighted by Gasteiger charge is 2.10. The van der Waals surface area contributed by atoms with E-state index in [1.165, 1.54) is 0 Å². The van der Waals surface area contributed by atoms with Gasteiger partial charge in [-0.3, -0.25) is 0 Å². The van der Waals surface area contributed by atoms with Gasteiger partial charge in [-0.25, -0.2) is 0 Å². The van der Waals surface area contributed by atoms with Gasteiger partial charge in [0.15, 0.2) is 11.5 Å². The normalized spacial score (nSPS) is 10.0. The van der Waals surface area contributed by atoms with Crippen molar-refractivity contribution in [2.24, 2.45) is 5.73 Å². The summed E-state index contributed by atoms with van der Waals surface area (Å²) >= 11 is 8.42. The molecular formula is C14H12BrNO2S. The molecule has 0 aliphatic heterocycles. The summed E-state index contributed by atoms with van der Waals surface area (Å²) in [5.74, 6) is 1.87. The molecule has 0 radical (unpaired) electrons. The Hall–Kier alpha value is -1.59. The Morgan fingerprint density at radius 3 is 2.42 bits per heavy atom. The van der Waals surface area contributed by atoms with Gasteiger partial charge in [-0.2, -0.15) is 0 Å². The molecule has 19 heavy (non-hydrogen) atoms. The Morgan fingerprint density at radius 1 is 1.11 bits per heavy atom. The van der Waals surface area contributed by atoms with Crippen LogP contribution in [0.4, 0.5) is 0 Å². The molecule has 2 rings (SSSR count). The molecule has 2 N–H and O–H groups in total. The fourth-order valence-electron chi connectivity index (χ4n) is 1.61. The third-order valence-corrected chi connectivity index (χ3v) is 3.21. The molecule has 0 unspecified atom stereocenters. The summed E-state index contributed by atoms with van der Waals surface area (Å²) in [5.41, 5.74) is 6.38. The van der Waals surface area contributed by atoms with Crippen LogP contribution in [0.15, 0.2) is 46.9 Å². The van der Waals surface area contributed by atoms with E-state index in [2.05, 4.69) is 15.9 Å². The van der Waals surface area contributed by atoms with Gasteiger partial charge in [0.05, 0.1) is 12.7 Å². The van der Waals surface area contributed by atoms with Gasteiger partial charge in [-0.1, -0.05) is 40.3 Å². The molecule has 98 valence electrons. The van der Waals surface area contributed by atoms with Crippen molar-refractivity contribution in [1.29, 1.82) is 0 Å². The number of hydrogen-bond acceptors (Lipinski definition) is 3. The molecule has 0 aromatic heterocycles. The zero-order valence-corrected chi connectivity index (χ0v) is 12.6. The van der Waals surface area contributed by atoms with E-state index in [4.69, 9.17) is 27.4 Å². The van der Waals surface area contributed by atoms with E-state index in [0.717, 1.165) is 4.47 Å². The number of methoxy groups -OCH3 is 1. The molecule has 0 saturated carbocycles. The van der Waals surface area contributed by atoms with Crippen LogP contribution in [0.25, 0.3) is 0 Å². The molecule has 0 aliphatic rings. The number of para-hydroxylation sites is 2. The second kappa shape index (κ2) is 6.04. The lowest BCUT2D eigenvalue weighted by Gasteiger charge is -2.13. The Morgan fingerprint density at radius 2 is 1.79 bits per heavy atom. The number of nitrogens with two attached hydrogens (primary N) is 1. The summed E-state index contributed by atoms with van der Waals surface area (Å²) in [6.07, 6.45) is 0. The van der Waals surface area contributed by atoms with Crippen molar-refractivity contribution >= 4 is 33.1 Å². The maximum Gasteiger partial charge on any atom is 0.169 e. The molecule has 0 fully saturated rings. The fraction of sp³-hybridized carbons (Fsp3) is 0.0714. The van der Waals surface area contributed by atoms with Gasteiger partial charge in [0.2, 0.25) is 0 Å². The largest absolute Gasteiger partial charge is 0.493 e. The quantitative estimate of drug-likeness (QED) is 0.859. The highest BCUT2D eigenvalue weighted by atomic mass is 79.9. The molecule has 0 atom stereocenters. The SMILES string of the molecule is COc1ccccc1Oc1ccc(Br)cc1C(N)=S. The summed E-state index contributed by atoms with van der Waals surface area (Å²) in [6.45, 7) is 0. The van der Waals surface area contributed by atoms with Crippen molar-refractivity contribution in [3.8, 4) is 17.2 Å². The molecule has 0 amide bonds. The van der Waals surface area contributed by atoms with Crippen molar-refractivity contribution in [3.05, 3.63) is 52.5 Å². The van der Waals surface area contributed by atoms with Crippen LogP contribution in [0.5, 0.6) is 17.2 Å². The first-order valence-corrected chi connectivity index (χ1v) is 6.72. The predicted octanol–water partition coefficient (Wildman–Crippen LogP) is 3.88. The lowest BCUT2D eigenvalue weighted by molar-refractivity contribution is 0.378. The van der Waals surface area contributed by atoms with Gasteiger partial charge in [0.1, 0.15) is 10.7 Å². The number of thiocarbonyl (C=S) groups is 1. The van der Waals surface area contributed by atoms with E-state index in [0.29, 0.717) is 22.8 Å². The molecule has 5 heteroatoms. The third kappa shape index (κ3) is 3.24.